The first-order valence-electron chi connectivity index (χ1n) is 6.48. The third kappa shape index (κ3) is 2.50. The average Bonchev–Trinajstić information content (AvgIpc) is 3.03. The van der Waals surface area contributed by atoms with Crippen LogP contribution in [0.4, 0.5) is 0 Å². The third-order valence-corrected chi connectivity index (χ3v) is 3.65. The summed E-state index contributed by atoms with van der Waals surface area (Å²) in [7, 11) is 0. The van der Waals surface area contributed by atoms with Crippen LogP contribution in [0.5, 0.6) is 5.75 Å². The highest BCUT2D eigenvalue weighted by Crippen LogP contribution is 2.33. The van der Waals surface area contributed by atoms with Gasteiger partial charge in [-0.3, -0.25) is 0 Å². The minimum Gasteiger partial charge on any atom is -0.490 e. The first kappa shape index (κ1) is 12.7. The average molecular weight is 304 g/mol. The van der Waals surface area contributed by atoms with E-state index in [0.29, 0.717) is 23.5 Å². The van der Waals surface area contributed by atoms with E-state index in [1.54, 1.807) is 0 Å². The number of hydrogen-bond acceptors (Lipinski definition) is 7. The molecule has 0 amide bonds. The van der Waals surface area contributed by atoms with E-state index in [1.807, 2.05) is 30.5 Å². The monoisotopic (exact) mass is 304 g/mol. The van der Waals surface area contributed by atoms with Crippen molar-refractivity contribution in [2.24, 2.45) is 0 Å². The minimum atomic E-state index is 0.215. The van der Waals surface area contributed by atoms with E-state index in [9.17, 15) is 0 Å². The number of thioether (sulfide) groups is 1. The van der Waals surface area contributed by atoms with Crippen molar-refractivity contribution >= 4 is 22.7 Å². The number of furan rings is 1. The van der Waals surface area contributed by atoms with Crippen LogP contribution < -0.4 is 4.74 Å². The summed E-state index contributed by atoms with van der Waals surface area (Å²) in [4.78, 5) is 0. The maximum Gasteiger partial charge on any atom is 0.284 e. The predicted octanol–water partition coefficient (Wildman–Crippen LogP) is 2.98. The van der Waals surface area contributed by atoms with Gasteiger partial charge in [-0.25, -0.2) is 0 Å². The summed E-state index contributed by atoms with van der Waals surface area (Å²) >= 11 is 1.39. The van der Waals surface area contributed by atoms with Crippen LogP contribution in [0.25, 0.3) is 22.6 Å². The summed E-state index contributed by atoms with van der Waals surface area (Å²) < 4.78 is 22.2. The van der Waals surface area contributed by atoms with Crippen LogP contribution in [-0.4, -0.2) is 35.8 Å². The molecule has 1 saturated heterocycles. The van der Waals surface area contributed by atoms with Crippen molar-refractivity contribution in [1.82, 2.24) is 10.2 Å². The quantitative estimate of drug-likeness (QED) is 0.530. The lowest BCUT2D eigenvalue weighted by Crippen LogP contribution is -2.03. The van der Waals surface area contributed by atoms with E-state index in [2.05, 4.69) is 10.2 Å². The van der Waals surface area contributed by atoms with E-state index in [0.717, 1.165) is 23.3 Å². The van der Waals surface area contributed by atoms with Gasteiger partial charge in [-0.1, -0.05) is 17.8 Å². The largest absolute Gasteiger partial charge is 0.490 e. The Bertz CT molecular complexity index is 778. The second-order valence-electron chi connectivity index (χ2n) is 4.62. The zero-order valence-electron chi connectivity index (χ0n) is 11.2. The Balaban J connectivity index is 1.69. The van der Waals surface area contributed by atoms with Gasteiger partial charge in [0, 0.05) is 6.07 Å². The van der Waals surface area contributed by atoms with Crippen LogP contribution in [-0.2, 0) is 4.74 Å². The molecule has 1 aliphatic rings. The molecule has 7 heteroatoms. The Kier molecular flexibility index (Phi) is 3.08. The number of benzene rings is 1. The molecular weight excluding hydrogens is 292 g/mol. The molecular formula is C14H12N2O4S. The number of ether oxygens (including phenoxy) is 2. The second-order valence-corrected chi connectivity index (χ2v) is 5.38. The molecule has 0 bridgehead atoms. The number of aromatic nitrogens is 2. The number of epoxide rings is 1. The molecule has 1 atom stereocenters. The molecule has 3 heterocycles. The first-order valence-corrected chi connectivity index (χ1v) is 7.71. The Morgan fingerprint density at radius 1 is 1.33 bits per heavy atom. The lowest BCUT2D eigenvalue weighted by molar-refractivity contribution is 0.265. The van der Waals surface area contributed by atoms with Gasteiger partial charge in [0.05, 0.1) is 12.0 Å². The summed E-state index contributed by atoms with van der Waals surface area (Å²) in [5.41, 5.74) is 0.725. The summed E-state index contributed by atoms with van der Waals surface area (Å²) in [6, 6.07) is 7.53. The van der Waals surface area contributed by atoms with Gasteiger partial charge in [0.25, 0.3) is 11.1 Å². The lowest BCUT2D eigenvalue weighted by Gasteiger charge is -2.04. The second kappa shape index (κ2) is 5.09. The lowest BCUT2D eigenvalue weighted by atomic mass is 10.2. The number of hydrogen-bond donors (Lipinski definition) is 0. The number of nitrogens with zero attached hydrogens (tertiary/aromatic N) is 2. The highest BCUT2D eigenvalue weighted by atomic mass is 32.2. The summed E-state index contributed by atoms with van der Waals surface area (Å²) in [5.74, 6) is 1.67. The SMILES string of the molecule is CSc1nnc(-c2cc3c(OC[C@@H]4CO4)cccc3o2)o1. The summed E-state index contributed by atoms with van der Waals surface area (Å²) in [6.07, 6.45) is 2.09. The van der Waals surface area contributed by atoms with Gasteiger partial charge in [0.1, 0.15) is 24.0 Å². The van der Waals surface area contributed by atoms with Gasteiger partial charge in [0.2, 0.25) is 0 Å². The Morgan fingerprint density at radius 2 is 2.24 bits per heavy atom. The van der Waals surface area contributed by atoms with Gasteiger partial charge in [-0.05, 0) is 18.4 Å². The van der Waals surface area contributed by atoms with Crippen molar-refractivity contribution in [2.45, 2.75) is 11.3 Å². The Morgan fingerprint density at radius 3 is 3.00 bits per heavy atom. The van der Waals surface area contributed by atoms with Crippen molar-refractivity contribution < 1.29 is 18.3 Å². The molecule has 0 aliphatic carbocycles. The highest BCUT2D eigenvalue weighted by Gasteiger charge is 2.24. The van der Waals surface area contributed by atoms with Crippen LogP contribution in [0.2, 0.25) is 0 Å². The van der Waals surface area contributed by atoms with Crippen molar-refractivity contribution in [3.05, 3.63) is 24.3 Å². The van der Waals surface area contributed by atoms with Crippen LogP contribution in [0.15, 0.2) is 38.3 Å². The Labute approximate surface area is 124 Å². The maximum absolute atomic E-state index is 5.76. The predicted molar refractivity (Wildman–Crippen MR) is 76.5 cm³/mol. The molecule has 1 aliphatic heterocycles. The zero-order chi connectivity index (χ0) is 14.2. The summed E-state index contributed by atoms with van der Waals surface area (Å²) in [6.45, 7) is 1.32. The normalized spacial score (nSPS) is 17.3. The van der Waals surface area contributed by atoms with Crippen LogP contribution in [0.3, 0.4) is 0 Å². The molecule has 2 aromatic heterocycles. The molecule has 3 aromatic rings. The fraction of sp³-hybridized carbons (Fsp3) is 0.286. The minimum absolute atomic E-state index is 0.215. The summed E-state index contributed by atoms with van der Waals surface area (Å²) in [5, 5.41) is 9.28. The first-order chi connectivity index (χ1) is 10.3. The molecule has 0 N–H and O–H groups in total. The molecule has 1 aromatic carbocycles. The van der Waals surface area contributed by atoms with Gasteiger partial charge >= 0.3 is 0 Å². The molecule has 1 fully saturated rings. The standard InChI is InChI=1S/C14H12N2O4S/c1-21-14-16-15-13(20-14)12-5-9-10(18-7-8-6-17-8)3-2-4-11(9)19-12/h2-5,8H,6-7H2,1H3/t8-/m0/s1. The van der Waals surface area contributed by atoms with Crippen molar-refractivity contribution in [3.63, 3.8) is 0 Å². The fourth-order valence-electron chi connectivity index (χ4n) is 2.00. The van der Waals surface area contributed by atoms with Crippen LogP contribution in [0, 0.1) is 0 Å². The van der Waals surface area contributed by atoms with Gasteiger partial charge in [-0.2, -0.15) is 0 Å². The van der Waals surface area contributed by atoms with Crippen molar-refractivity contribution in [3.8, 4) is 17.4 Å². The number of fused-ring (bicyclic) bond motifs is 1. The highest BCUT2D eigenvalue weighted by molar-refractivity contribution is 7.98. The van der Waals surface area contributed by atoms with E-state index in [-0.39, 0.29) is 6.10 Å². The smallest absolute Gasteiger partial charge is 0.284 e. The molecule has 0 saturated carbocycles. The fourth-order valence-corrected chi connectivity index (χ4v) is 2.29. The molecule has 0 unspecified atom stereocenters. The molecule has 108 valence electrons. The van der Waals surface area contributed by atoms with Crippen molar-refractivity contribution in [1.29, 1.82) is 0 Å². The van der Waals surface area contributed by atoms with E-state index in [4.69, 9.17) is 18.3 Å². The molecule has 21 heavy (non-hydrogen) atoms. The van der Waals surface area contributed by atoms with E-state index < -0.39 is 0 Å². The molecule has 6 nitrogen and oxygen atoms in total. The Hall–Kier alpha value is -1.99. The molecule has 0 spiro atoms. The van der Waals surface area contributed by atoms with E-state index in [1.165, 1.54) is 11.8 Å². The van der Waals surface area contributed by atoms with Gasteiger partial charge in [-0.15, -0.1) is 10.2 Å². The van der Waals surface area contributed by atoms with E-state index >= 15 is 0 Å². The topological polar surface area (TPSA) is 73.8 Å². The molecule has 4 rings (SSSR count). The maximum atomic E-state index is 5.76. The number of rotatable bonds is 5. The zero-order valence-corrected chi connectivity index (χ0v) is 12.1. The molecule has 0 radical (unpaired) electrons. The van der Waals surface area contributed by atoms with Crippen molar-refractivity contribution in [2.75, 3.05) is 19.5 Å². The van der Waals surface area contributed by atoms with Crippen LogP contribution >= 0.6 is 11.8 Å². The van der Waals surface area contributed by atoms with Gasteiger partial charge in [0.15, 0.2) is 5.76 Å². The van der Waals surface area contributed by atoms with Crippen LogP contribution in [0.1, 0.15) is 0 Å². The van der Waals surface area contributed by atoms with Gasteiger partial charge < -0.3 is 18.3 Å². The third-order valence-electron chi connectivity index (χ3n) is 3.14.